The minimum Gasteiger partial charge on any atom is -0.249 e. The Morgan fingerprint density at radius 1 is 1.62 bits per heavy atom. The molecule has 5 heteroatoms. The van der Waals surface area contributed by atoms with Crippen molar-refractivity contribution in [3.63, 3.8) is 0 Å². The van der Waals surface area contributed by atoms with Gasteiger partial charge in [-0.2, -0.15) is 5.26 Å². The smallest absolute Gasteiger partial charge is 0.249 e. The molecule has 0 radical (unpaired) electrons. The number of hydrogen-bond donors (Lipinski definition) is 0. The lowest BCUT2D eigenvalue weighted by Crippen LogP contribution is -1.99. The van der Waals surface area contributed by atoms with E-state index in [4.69, 9.17) is 5.26 Å². The second-order valence-corrected chi connectivity index (χ2v) is 3.46. The van der Waals surface area contributed by atoms with Gasteiger partial charge in [-0.3, -0.25) is 0 Å². The summed E-state index contributed by atoms with van der Waals surface area (Å²) in [5, 5.41) is 8.64. The molecule has 0 aliphatic rings. The lowest BCUT2D eigenvalue weighted by Gasteiger charge is -2.06. The number of pyridine rings is 1. The van der Waals surface area contributed by atoms with Gasteiger partial charge in [-0.1, -0.05) is 0 Å². The van der Waals surface area contributed by atoms with Gasteiger partial charge in [-0.25, -0.2) is 13.8 Å². The Labute approximate surface area is 87.7 Å². The summed E-state index contributed by atoms with van der Waals surface area (Å²) in [5.74, 6) is 0. The Kier molecular flexibility index (Phi) is 3.14. The Hall–Kier alpha value is -0.770. The van der Waals surface area contributed by atoms with Gasteiger partial charge < -0.3 is 0 Å². The van der Waals surface area contributed by atoms with E-state index in [1.165, 1.54) is 13.1 Å². The van der Waals surface area contributed by atoms with Crippen LogP contribution in [0.2, 0.25) is 0 Å². The minimum absolute atomic E-state index is 0.0180. The van der Waals surface area contributed by atoms with Crippen molar-refractivity contribution < 1.29 is 8.78 Å². The summed E-state index contributed by atoms with van der Waals surface area (Å²) in [6.07, 6.45) is -1.27. The molecule has 0 aromatic carbocycles. The fourth-order valence-electron chi connectivity index (χ4n) is 0.983. The monoisotopic (exact) mass is 294 g/mol. The molecule has 0 aliphatic heterocycles. The van der Waals surface area contributed by atoms with E-state index in [2.05, 4.69) is 4.98 Å². The third-order valence-electron chi connectivity index (χ3n) is 1.60. The average Bonchev–Trinajstić information content (AvgIpc) is 2.07. The second kappa shape index (κ2) is 3.96. The van der Waals surface area contributed by atoms with Gasteiger partial charge in [0.1, 0.15) is 9.77 Å². The summed E-state index contributed by atoms with van der Waals surface area (Å²) in [7, 11) is 0. The fraction of sp³-hybridized carbons (Fsp3) is 0.250. The first-order valence-electron chi connectivity index (χ1n) is 3.41. The van der Waals surface area contributed by atoms with E-state index in [1.807, 2.05) is 0 Å². The van der Waals surface area contributed by atoms with Crippen LogP contribution in [0.15, 0.2) is 6.20 Å². The quantitative estimate of drug-likeness (QED) is 0.590. The van der Waals surface area contributed by atoms with E-state index in [0.717, 1.165) is 0 Å². The SMILES string of the molecule is Cc1cnc(I)c(C#N)c1C(F)F. The van der Waals surface area contributed by atoms with Crippen molar-refractivity contribution in [1.82, 2.24) is 4.98 Å². The van der Waals surface area contributed by atoms with Gasteiger partial charge in [0.2, 0.25) is 0 Å². The predicted molar refractivity (Wildman–Crippen MR) is 51.4 cm³/mol. The van der Waals surface area contributed by atoms with E-state index in [0.29, 0.717) is 9.26 Å². The highest BCUT2D eigenvalue weighted by atomic mass is 127. The van der Waals surface area contributed by atoms with E-state index in [9.17, 15) is 8.78 Å². The summed E-state index contributed by atoms with van der Waals surface area (Å²) in [5.41, 5.74) is 0.129. The van der Waals surface area contributed by atoms with Crippen LogP contribution in [0.4, 0.5) is 8.78 Å². The zero-order chi connectivity index (χ0) is 10.0. The average molecular weight is 294 g/mol. The molecule has 1 rings (SSSR count). The molecule has 1 heterocycles. The number of alkyl halides is 2. The number of nitrogens with zero attached hydrogens (tertiary/aromatic N) is 2. The van der Waals surface area contributed by atoms with E-state index >= 15 is 0 Å². The van der Waals surface area contributed by atoms with Crippen LogP contribution in [-0.4, -0.2) is 4.98 Å². The molecule has 0 aliphatic carbocycles. The van der Waals surface area contributed by atoms with Gasteiger partial charge in [0.05, 0.1) is 5.56 Å². The minimum atomic E-state index is -2.62. The topological polar surface area (TPSA) is 36.7 Å². The maximum atomic E-state index is 12.5. The number of aryl methyl sites for hydroxylation is 1. The normalized spacial score (nSPS) is 10.2. The molecule has 0 saturated carbocycles. The molecule has 2 nitrogen and oxygen atoms in total. The van der Waals surface area contributed by atoms with Crippen LogP contribution >= 0.6 is 22.6 Å². The molecule has 0 bridgehead atoms. The predicted octanol–water partition coefficient (Wildman–Crippen LogP) is 2.80. The molecule has 0 unspecified atom stereocenters. The van der Waals surface area contributed by atoms with Crippen molar-refractivity contribution in [2.45, 2.75) is 13.3 Å². The molecule has 0 fully saturated rings. The molecular weight excluding hydrogens is 289 g/mol. The van der Waals surface area contributed by atoms with Gasteiger partial charge >= 0.3 is 0 Å². The van der Waals surface area contributed by atoms with Gasteiger partial charge in [0, 0.05) is 11.8 Å². The molecule has 13 heavy (non-hydrogen) atoms. The standard InChI is InChI=1S/C8H5F2IN2/c1-4-3-13-8(11)5(2-12)6(4)7(9)10/h3,7H,1H3. The van der Waals surface area contributed by atoms with Gasteiger partial charge in [0.25, 0.3) is 6.43 Å². The fourth-order valence-corrected chi connectivity index (χ4v) is 1.53. The Balaban J connectivity index is 3.46. The van der Waals surface area contributed by atoms with Crippen molar-refractivity contribution in [2.75, 3.05) is 0 Å². The van der Waals surface area contributed by atoms with Crippen molar-refractivity contribution in [3.8, 4) is 6.07 Å². The third-order valence-corrected chi connectivity index (χ3v) is 2.42. The van der Waals surface area contributed by atoms with Gasteiger partial charge in [-0.15, -0.1) is 0 Å². The van der Waals surface area contributed by atoms with Crippen LogP contribution < -0.4 is 0 Å². The number of halogens is 3. The first kappa shape index (κ1) is 10.3. The van der Waals surface area contributed by atoms with Crippen molar-refractivity contribution >= 4 is 22.6 Å². The van der Waals surface area contributed by atoms with E-state index in [1.54, 1.807) is 28.7 Å². The Bertz CT molecular complexity index is 371. The molecule has 68 valence electrons. The van der Waals surface area contributed by atoms with Gasteiger partial charge in [0.15, 0.2) is 0 Å². The summed E-state index contributed by atoms with van der Waals surface area (Å²) in [6, 6.07) is 1.74. The molecule has 0 spiro atoms. The number of rotatable bonds is 1. The molecular formula is C8H5F2IN2. The lowest BCUT2D eigenvalue weighted by molar-refractivity contribution is 0.150. The number of nitriles is 1. The van der Waals surface area contributed by atoms with E-state index in [-0.39, 0.29) is 11.1 Å². The van der Waals surface area contributed by atoms with Crippen LogP contribution in [0.3, 0.4) is 0 Å². The zero-order valence-electron chi connectivity index (χ0n) is 6.68. The van der Waals surface area contributed by atoms with Crippen molar-refractivity contribution in [2.24, 2.45) is 0 Å². The van der Waals surface area contributed by atoms with Crippen molar-refractivity contribution in [3.05, 3.63) is 26.6 Å². The summed E-state index contributed by atoms with van der Waals surface area (Å²) in [4.78, 5) is 3.82. The molecule has 0 saturated heterocycles. The van der Waals surface area contributed by atoms with Crippen LogP contribution in [0.5, 0.6) is 0 Å². The molecule has 0 amide bonds. The molecule has 1 aromatic heterocycles. The Morgan fingerprint density at radius 3 is 2.62 bits per heavy atom. The van der Waals surface area contributed by atoms with Crippen LogP contribution in [-0.2, 0) is 0 Å². The highest BCUT2D eigenvalue weighted by Gasteiger charge is 2.18. The summed E-state index contributed by atoms with van der Waals surface area (Å²) >= 11 is 1.77. The third kappa shape index (κ3) is 1.94. The van der Waals surface area contributed by atoms with E-state index < -0.39 is 6.43 Å². The number of hydrogen-bond acceptors (Lipinski definition) is 2. The zero-order valence-corrected chi connectivity index (χ0v) is 8.84. The highest BCUT2D eigenvalue weighted by molar-refractivity contribution is 14.1. The number of aromatic nitrogens is 1. The second-order valence-electron chi connectivity index (χ2n) is 2.43. The molecule has 0 N–H and O–H groups in total. The van der Waals surface area contributed by atoms with Gasteiger partial charge in [-0.05, 0) is 35.1 Å². The lowest BCUT2D eigenvalue weighted by atomic mass is 10.1. The highest BCUT2D eigenvalue weighted by Crippen LogP contribution is 2.27. The molecule has 1 aromatic rings. The molecule has 0 atom stereocenters. The van der Waals surface area contributed by atoms with Crippen LogP contribution in [0.25, 0.3) is 0 Å². The largest absolute Gasteiger partial charge is 0.265 e. The van der Waals surface area contributed by atoms with Crippen LogP contribution in [0, 0.1) is 22.0 Å². The van der Waals surface area contributed by atoms with Crippen molar-refractivity contribution in [1.29, 1.82) is 5.26 Å². The first-order chi connectivity index (χ1) is 6.07. The first-order valence-corrected chi connectivity index (χ1v) is 4.49. The summed E-state index contributed by atoms with van der Waals surface area (Å²) < 4.78 is 25.3. The summed E-state index contributed by atoms with van der Waals surface area (Å²) in [6.45, 7) is 1.52. The maximum absolute atomic E-state index is 12.5. The van der Waals surface area contributed by atoms with Crippen LogP contribution in [0.1, 0.15) is 23.1 Å². The Morgan fingerprint density at radius 2 is 2.23 bits per heavy atom. The maximum Gasteiger partial charge on any atom is 0.265 e.